The molecule has 0 saturated carbocycles. The van der Waals surface area contributed by atoms with Gasteiger partial charge >= 0.3 is 5.97 Å². The highest BCUT2D eigenvalue weighted by Crippen LogP contribution is 2.56. The van der Waals surface area contributed by atoms with Crippen molar-refractivity contribution < 1.29 is 33.6 Å². The maximum atomic E-state index is 12.9. The van der Waals surface area contributed by atoms with E-state index in [1.165, 1.54) is 34.0 Å². The fraction of sp³-hybridized carbons (Fsp3) is 0.214. The number of benzene rings is 3. The van der Waals surface area contributed by atoms with E-state index in [0.29, 0.717) is 5.75 Å². The van der Waals surface area contributed by atoms with Crippen molar-refractivity contribution in [3.8, 4) is 23.0 Å². The summed E-state index contributed by atoms with van der Waals surface area (Å²) in [5, 5.41) is 12.9. The Morgan fingerprint density at radius 3 is 2.25 bits per heavy atom. The maximum absolute atomic E-state index is 12.9. The van der Waals surface area contributed by atoms with Gasteiger partial charge in [-0.2, -0.15) is 0 Å². The first kappa shape index (κ1) is 23.7. The standard InChI is InChI=1S/C28H25NO7/c1-32-27-23(28(33-2,34-3)35-4)21-24(30)22(25(21)31)26(27)36-19-10-8-16(9-11-19)14-17-6-5-7-18-15-29-13-12-20(17)18/h5-13,15,30H,14H2,1-4H3. The molecule has 4 aromatic rings. The van der Waals surface area contributed by atoms with Crippen LogP contribution >= 0.6 is 0 Å². The van der Waals surface area contributed by atoms with Gasteiger partial charge in [0.15, 0.2) is 11.5 Å². The van der Waals surface area contributed by atoms with Gasteiger partial charge in [-0.05, 0) is 41.1 Å². The van der Waals surface area contributed by atoms with Crippen molar-refractivity contribution in [1.82, 2.24) is 4.98 Å². The fourth-order valence-electron chi connectivity index (χ4n) is 4.68. The zero-order valence-corrected chi connectivity index (χ0v) is 20.3. The molecule has 2 aliphatic carbocycles. The second-order valence-corrected chi connectivity index (χ2v) is 8.27. The number of phenolic OH excluding ortho intramolecular Hbond substituents is 1. The predicted molar refractivity (Wildman–Crippen MR) is 132 cm³/mol. The topological polar surface area (TPSA) is 96.3 Å². The molecule has 3 aromatic carbocycles. The molecule has 1 heterocycles. The average Bonchev–Trinajstić information content (AvgIpc) is 2.91. The summed E-state index contributed by atoms with van der Waals surface area (Å²) in [4.78, 5) is 17.1. The van der Waals surface area contributed by atoms with Gasteiger partial charge in [0.25, 0.3) is 0 Å². The molecule has 0 amide bonds. The number of ketones is 1. The molecule has 0 spiro atoms. The summed E-state index contributed by atoms with van der Waals surface area (Å²) in [5.74, 6) is -1.69. The minimum Gasteiger partial charge on any atom is -0.506 e. The third kappa shape index (κ3) is 3.58. The van der Waals surface area contributed by atoms with Crippen LogP contribution in [0.15, 0.2) is 60.9 Å². The van der Waals surface area contributed by atoms with E-state index < -0.39 is 11.8 Å². The van der Waals surface area contributed by atoms with Crippen LogP contribution in [0.3, 0.4) is 0 Å². The molecule has 1 N–H and O–H groups in total. The van der Waals surface area contributed by atoms with Crippen LogP contribution < -0.4 is 9.47 Å². The molecule has 0 saturated heterocycles. The molecule has 0 radical (unpaired) electrons. The van der Waals surface area contributed by atoms with Crippen molar-refractivity contribution >= 4 is 16.6 Å². The second kappa shape index (κ2) is 9.23. The van der Waals surface area contributed by atoms with Gasteiger partial charge in [-0.1, -0.05) is 30.3 Å². The zero-order chi connectivity index (χ0) is 25.4. The highest BCUT2D eigenvalue weighted by molar-refractivity contribution is 6.25. The normalized spacial score (nSPS) is 12.5. The first-order valence-electron chi connectivity index (χ1n) is 11.2. The first-order chi connectivity index (χ1) is 17.5. The number of methoxy groups -OCH3 is 4. The minimum atomic E-state index is -1.78. The number of nitrogens with zero attached hydrogens (tertiary/aromatic N) is 1. The van der Waals surface area contributed by atoms with Gasteiger partial charge in [-0.3, -0.25) is 9.78 Å². The van der Waals surface area contributed by atoms with E-state index in [-0.39, 0.29) is 33.9 Å². The van der Waals surface area contributed by atoms with E-state index in [0.717, 1.165) is 22.8 Å². The SMILES string of the molecule is COc1c(Oc2ccc(Cc3cccc4cnccc34)cc2)c2c(O)c(c1C(OC)(OC)OC)C2=O. The van der Waals surface area contributed by atoms with E-state index in [9.17, 15) is 9.90 Å². The molecule has 0 atom stereocenters. The Morgan fingerprint density at radius 1 is 0.889 bits per heavy atom. The Bertz CT molecular complexity index is 1450. The lowest BCUT2D eigenvalue weighted by Crippen LogP contribution is -2.37. The second-order valence-electron chi connectivity index (χ2n) is 8.27. The molecule has 1 aromatic heterocycles. The largest absolute Gasteiger partial charge is 0.506 e. The Kier molecular flexibility index (Phi) is 6.09. The molecule has 2 bridgehead atoms. The molecule has 0 unspecified atom stereocenters. The van der Waals surface area contributed by atoms with Gasteiger partial charge in [-0.15, -0.1) is 0 Å². The molecule has 8 heteroatoms. The van der Waals surface area contributed by atoms with Gasteiger partial charge < -0.3 is 28.8 Å². The summed E-state index contributed by atoms with van der Waals surface area (Å²) in [6, 6.07) is 15.7. The quantitative estimate of drug-likeness (QED) is 0.293. The summed E-state index contributed by atoms with van der Waals surface area (Å²) in [5.41, 5.74) is 2.43. The maximum Gasteiger partial charge on any atom is 0.315 e. The summed E-state index contributed by atoms with van der Waals surface area (Å²) in [6.45, 7) is 0. The molecule has 184 valence electrons. The van der Waals surface area contributed by atoms with Gasteiger partial charge in [0.05, 0.1) is 12.7 Å². The van der Waals surface area contributed by atoms with Crippen molar-refractivity contribution in [3.63, 3.8) is 0 Å². The number of pyridine rings is 1. The highest BCUT2D eigenvalue weighted by Gasteiger charge is 2.50. The molecule has 6 rings (SSSR count). The van der Waals surface area contributed by atoms with Crippen LogP contribution in [-0.2, 0) is 26.6 Å². The lowest BCUT2D eigenvalue weighted by Gasteiger charge is -2.36. The van der Waals surface area contributed by atoms with Gasteiger partial charge in [0.2, 0.25) is 5.78 Å². The predicted octanol–water partition coefficient (Wildman–Crippen LogP) is 4.93. The molecular weight excluding hydrogens is 462 g/mol. The lowest BCUT2D eigenvalue weighted by molar-refractivity contribution is -0.365. The first-order valence-corrected chi connectivity index (χ1v) is 11.2. The zero-order valence-electron chi connectivity index (χ0n) is 20.3. The van der Waals surface area contributed by atoms with Crippen LogP contribution in [0.1, 0.15) is 32.6 Å². The van der Waals surface area contributed by atoms with Crippen LogP contribution in [0, 0.1) is 0 Å². The Hall–Kier alpha value is -3.98. The number of hydrogen-bond donors (Lipinski definition) is 1. The Balaban J connectivity index is 1.49. The van der Waals surface area contributed by atoms with Crippen LogP contribution in [0.4, 0.5) is 0 Å². The van der Waals surface area contributed by atoms with Gasteiger partial charge in [0, 0.05) is 39.1 Å². The van der Waals surface area contributed by atoms with Crippen molar-refractivity contribution in [2.45, 2.75) is 12.4 Å². The van der Waals surface area contributed by atoms with E-state index in [4.69, 9.17) is 23.7 Å². The van der Waals surface area contributed by atoms with E-state index in [1.807, 2.05) is 36.5 Å². The number of hydrogen-bond acceptors (Lipinski definition) is 8. The summed E-state index contributed by atoms with van der Waals surface area (Å²) in [6.07, 6.45) is 4.37. The van der Waals surface area contributed by atoms with E-state index in [1.54, 1.807) is 18.3 Å². The lowest BCUT2D eigenvalue weighted by atomic mass is 9.82. The number of carbonyl (C=O) groups excluding carboxylic acids is 1. The number of ether oxygens (including phenoxy) is 5. The number of rotatable bonds is 9. The van der Waals surface area contributed by atoms with Crippen LogP contribution in [0.5, 0.6) is 23.0 Å². The third-order valence-electron chi connectivity index (χ3n) is 6.46. The fourth-order valence-corrected chi connectivity index (χ4v) is 4.68. The number of aromatic nitrogens is 1. The third-order valence-corrected chi connectivity index (χ3v) is 6.46. The average molecular weight is 488 g/mol. The Morgan fingerprint density at radius 2 is 1.61 bits per heavy atom. The van der Waals surface area contributed by atoms with Crippen molar-refractivity contribution in [2.75, 3.05) is 28.4 Å². The highest BCUT2D eigenvalue weighted by atomic mass is 16.9. The smallest absolute Gasteiger partial charge is 0.315 e. The molecular formula is C28H25NO7. The number of phenols is 1. The van der Waals surface area contributed by atoms with E-state index >= 15 is 0 Å². The molecule has 2 aliphatic rings. The molecule has 0 aliphatic heterocycles. The number of carbonyl (C=O) groups is 1. The summed E-state index contributed by atoms with van der Waals surface area (Å²) < 4.78 is 28.0. The van der Waals surface area contributed by atoms with Gasteiger partial charge in [-0.25, -0.2) is 0 Å². The van der Waals surface area contributed by atoms with Crippen molar-refractivity contribution in [2.24, 2.45) is 0 Å². The van der Waals surface area contributed by atoms with Crippen LogP contribution in [-0.4, -0.2) is 44.3 Å². The molecule has 8 nitrogen and oxygen atoms in total. The van der Waals surface area contributed by atoms with Crippen LogP contribution in [0.2, 0.25) is 0 Å². The molecule has 36 heavy (non-hydrogen) atoms. The number of aromatic hydroxyl groups is 1. The molecule has 0 fully saturated rings. The van der Waals surface area contributed by atoms with Gasteiger partial charge in [0.1, 0.15) is 22.6 Å². The van der Waals surface area contributed by atoms with E-state index in [2.05, 4.69) is 11.1 Å². The number of fused-ring (bicyclic) bond motifs is 3. The van der Waals surface area contributed by atoms with Crippen molar-refractivity contribution in [1.29, 1.82) is 0 Å². The summed E-state index contributed by atoms with van der Waals surface area (Å²) >= 11 is 0. The van der Waals surface area contributed by atoms with Crippen molar-refractivity contribution in [3.05, 3.63) is 88.7 Å². The monoisotopic (exact) mass is 487 g/mol. The summed E-state index contributed by atoms with van der Waals surface area (Å²) in [7, 11) is 5.51. The Labute approximate surface area is 208 Å². The minimum absolute atomic E-state index is 0.0142. The van der Waals surface area contributed by atoms with Crippen LogP contribution in [0.25, 0.3) is 10.8 Å².